The van der Waals surface area contributed by atoms with Crippen molar-refractivity contribution in [1.29, 1.82) is 0 Å². The van der Waals surface area contributed by atoms with E-state index >= 15 is 0 Å². The predicted molar refractivity (Wildman–Crippen MR) is 89.2 cm³/mol. The highest BCUT2D eigenvalue weighted by atomic mass is 16.1. The fraction of sp³-hybridized carbons (Fsp3) is 0.389. The number of nitrogens with zero attached hydrogens (tertiary/aromatic N) is 2. The summed E-state index contributed by atoms with van der Waals surface area (Å²) in [5.41, 5.74) is 3.61. The summed E-state index contributed by atoms with van der Waals surface area (Å²) in [5.74, 6) is 0.476. The van der Waals surface area contributed by atoms with E-state index in [-0.39, 0.29) is 5.91 Å². The van der Waals surface area contributed by atoms with Crippen molar-refractivity contribution in [2.24, 2.45) is 0 Å². The van der Waals surface area contributed by atoms with E-state index < -0.39 is 0 Å². The lowest BCUT2D eigenvalue weighted by Gasteiger charge is -2.23. The van der Waals surface area contributed by atoms with Crippen LogP contribution in [0, 0.1) is 6.92 Å². The van der Waals surface area contributed by atoms with Gasteiger partial charge in [-0.2, -0.15) is 0 Å². The molecule has 2 N–H and O–H groups in total. The standard InChI is InChI=1S/C18H22N4O/c1-13-9-21-17(11-20-13)12-22-18(23)15-6-4-14(5-7-15)16-3-2-8-19-10-16/h4-7,9,11,16,19H,2-3,8,10,12H2,1H3,(H,22,23)/t16-/m1/s1. The topological polar surface area (TPSA) is 66.9 Å². The lowest BCUT2D eigenvalue weighted by molar-refractivity contribution is 0.0950. The SMILES string of the molecule is Cc1cnc(CNC(=O)c2ccc([C@@H]3CCCNC3)cc2)cn1. The highest BCUT2D eigenvalue weighted by Crippen LogP contribution is 2.23. The third-order valence-corrected chi connectivity index (χ3v) is 4.21. The second kappa shape index (κ2) is 7.33. The molecule has 1 saturated heterocycles. The van der Waals surface area contributed by atoms with Gasteiger partial charge in [0.05, 0.1) is 24.1 Å². The summed E-state index contributed by atoms with van der Waals surface area (Å²) in [4.78, 5) is 20.6. The zero-order chi connectivity index (χ0) is 16.1. The van der Waals surface area contributed by atoms with Crippen LogP contribution in [0.4, 0.5) is 0 Å². The largest absolute Gasteiger partial charge is 0.346 e. The lowest BCUT2D eigenvalue weighted by Crippen LogP contribution is -2.28. The van der Waals surface area contributed by atoms with Crippen LogP contribution >= 0.6 is 0 Å². The maximum Gasteiger partial charge on any atom is 0.251 e. The number of hydrogen-bond donors (Lipinski definition) is 2. The van der Waals surface area contributed by atoms with E-state index in [0.29, 0.717) is 18.0 Å². The van der Waals surface area contributed by atoms with Crippen LogP contribution in [0.5, 0.6) is 0 Å². The average Bonchev–Trinajstić information content (AvgIpc) is 2.62. The number of nitrogens with one attached hydrogen (secondary N) is 2. The summed E-state index contributed by atoms with van der Waals surface area (Å²) in [6.07, 6.45) is 5.82. The number of carbonyl (C=O) groups is 1. The molecule has 1 aliphatic rings. The van der Waals surface area contributed by atoms with Gasteiger partial charge in [-0.25, -0.2) is 0 Å². The van der Waals surface area contributed by atoms with Crippen LogP contribution in [0.1, 0.15) is 46.1 Å². The molecular weight excluding hydrogens is 288 g/mol. The Morgan fingerprint density at radius 2 is 2.09 bits per heavy atom. The Kier molecular flexibility index (Phi) is 4.98. The molecule has 0 aliphatic carbocycles. The Balaban J connectivity index is 1.57. The van der Waals surface area contributed by atoms with Gasteiger partial charge >= 0.3 is 0 Å². The fourth-order valence-electron chi connectivity index (χ4n) is 2.83. The van der Waals surface area contributed by atoms with Gasteiger partial charge in [0.2, 0.25) is 0 Å². The average molecular weight is 310 g/mol. The molecule has 2 aromatic rings. The number of benzene rings is 1. The van der Waals surface area contributed by atoms with Crippen LogP contribution in [0.2, 0.25) is 0 Å². The number of amides is 1. The van der Waals surface area contributed by atoms with E-state index in [9.17, 15) is 4.79 Å². The first kappa shape index (κ1) is 15.6. The van der Waals surface area contributed by atoms with Gasteiger partial charge in [-0.15, -0.1) is 0 Å². The molecule has 2 heterocycles. The van der Waals surface area contributed by atoms with Gasteiger partial charge in [0, 0.05) is 18.3 Å². The Labute approximate surface area is 136 Å². The molecule has 3 rings (SSSR count). The number of piperidine rings is 1. The molecule has 0 radical (unpaired) electrons. The van der Waals surface area contributed by atoms with Crippen molar-refractivity contribution in [3.05, 3.63) is 59.2 Å². The summed E-state index contributed by atoms with van der Waals surface area (Å²) >= 11 is 0. The highest BCUT2D eigenvalue weighted by molar-refractivity contribution is 5.94. The van der Waals surface area contributed by atoms with Crippen molar-refractivity contribution in [1.82, 2.24) is 20.6 Å². The van der Waals surface area contributed by atoms with Crippen LogP contribution in [-0.4, -0.2) is 29.0 Å². The second-order valence-corrected chi connectivity index (χ2v) is 6.00. The van der Waals surface area contributed by atoms with Crippen molar-refractivity contribution in [2.75, 3.05) is 13.1 Å². The third-order valence-electron chi connectivity index (χ3n) is 4.21. The smallest absolute Gasteiger partial charge is 0.251 e. The van der Waals surface area contributed by atoms with Gasteiger partial charge in [0.15, 0.2) is 0 Å². The minimum absolute atomic E-state index is 0.0827. The van der Waals surface area contributed by atoms with Gasteiger partial charge in [-0.05, 0) is 49.9 Å². The Morgan fingerprint density at radius 1 is 1.26 bits per heavy atom. The molecule has 1 atom stereocenters. The van der Waals surface area contributed by atoms with Gasteiger partial charge in [-0.1, -0.05) is 12.1 Å². The maximum absolute atomic E-state index is 12.2. The first-order chi connectivity index (χ1) is 11.2. The molecule has 0 spiro atoms. The van der Waals surface area contributed by atoms with Crippen LogP contribution in [0.25, 0.3) is 0 Å². The molecule has 0 bridgehead atoms. The molecule has 0 saturated carbocycles. The molecule has 23 heavy (non-hydrogen) atoms. The van der Waals surface area contributed by atoms with Crippen LogP contribution in [0.15, 0.2) is 36.7 Å². The number of hydrogen-bond acceptors (Lipinski definition) is 4. The monoisotopic (exact) mass is 310 g/mol. The lowest BCUT2D eigenvalue weighted by atomic mass is 9.91. The second-order valence-electron chi connectivity index (χ2n) is 6.00. The Bertz CT molecular complexity index is 646. The molecule has 120 valence electrons. The van der Waals surface area contributed by atoms with E-state index in [1.165, 1.54) is 18.4 Å². The molecule has 1 amide bonds. The first-order valence-electron chi connectivity index (χ1n) is 8.09. The van der Waals surface area contributed by atoms with Crippen molar-refractivity contribution >= 4 is 5.91 Å². The number of aryl methyl sites for hydroxylation is 1. The highest BCUT2D eigenvalue weighted by Gasteiger charge is 2.15. The maximum atomic E-state index is 12.2. The van der Waals surface area contributed by atoms with Crippen molar-refractivity contribution < 1.29 is 4.79 Å². The summed E-state index contributed by atoms with van der Waals surface area (Å²) in [5, 5.41) is 6.30. The Hall–Kier alpha value is -2.27. The molecular formula is C18H22N4O. The van der Waals surface area contributed by atoms with Gasteiger partial charge in [0.1, 0.15) is 0 Å². The zero-order valence-corrected chi connectivity index (χ0v) is 13.4. The van der Waals surface area contributed by atoms with Gasteiger partial charge < -0.3 is 10.6 Å². The van der Waals surface area contributed by atoms with E-state index in [2.05, 4.69) is 32.7 Å². The minimum Gasteiger partial charge on any atom is -0.346 e. The zero-order valence-electron chi connectivity index (χ0n) is 13.4. The van der Waals surface area contributed by atoms with Crippen LogP contribution in [0.3, 0.4) is 0 Å². The molecule has 1 aliphatic heterocycles. The van der Waals surface area contributed by atoms with Crippen LogP contribution in [-0.2, 0) is 6.54 Å². The van der Waals surface area contributed by atoms with Gasteiger partial charge in [-0.3, -0.25) is 14.8 Å². The number of carbonyl (C=O) groups excluding carboxylic acids is 1. The summed E-state index contributed by atoms with van der Waals surface area (Å²) in [7, 11) is 0. The Morgan fingerprint density at radius 3 is 2.74 bits per heavy atom. The quantitative estimate of drug-likeness (QED) is 0.908. The molecule has 5 nitrogen and oxygen atoms in total. The van der Waals surface area contributed by atoms with Crippen molar-refractivity contribution in [2.45, 2.75) is 32.2 Å². The number of aromatic nitrogens is 2. The minimum atomic E-state index is -0.0827. The van der Waals surface area contributed by atoms with E-state index in [0.717, 1.165) is 24.5 Å². The number of rotatable bonds is 4. The molecule has 1 fully saturated rings. The van der Waals surface area contributed by atoms with Crippen molar-refractivity contribution in [3.8, 4) is 0 Å². The summed E-state index contributed by atoms with van der Waals surface area (Å²) in [6, 6.07) is 7.94. The summed E-state index contributed by atoms with van der Waals surface area (Å²) < 4.78 is 0. The summed E-state index contributed by atoms with van der Waals surface area (Å²) in [6.45, 7) is 4.41. The van der Waals surface area contributed by atoms with E-state index in [1.807, 2.05) is 19.1 Å². The molecule has 5 heteroatoms. The van der Waals surface area contributed by atoms with E-state index in [4.69, 9.17) is 0 Å². The normalized spacial score (nSPS) is 17.7. The molecule has 0 unspecified atom stereocenters. The third kappa shape index (κ3) is 4.13. The van der Waals surface area contributed by atoms with Crippen LogP contribution < -0.4 is 10.6 Å². The molecule has 1 aromatic carbocycles. The fourth-order valence-corrected chi connectivity index (χ4v) is 2.83. The molecule has 1 aromatic heterocycles. The van der Waals surface area contributed by atoms with Crippen molar-refractivity contribution in [3.63, 3.8) is 0 Å². The first-order valence-corrected chi connectivity index (χ1v) is 8.09. The van der Waals surface area contributed by atoms with E-state index in [1.54, 1.807) is 12.4 Å². The van der Waals surface area contributed by atoms with Gasteiger partial charge in [0.25, 0.3) is 5.91 Å². The predicted octanol–water partition coefficient (Wildman–Crippen LogP) is 2.18.